The molecule has 0 aliphatic rings. The molecule has 1 N–H and O–H groups in total. The largest absolute Gasteiger partial charge is 0.477 e. The van der Waals surface area contributed by atoms with Gasteiger partial charge in [-0.3, -0.25) is 4.79 Å². The predicted octanol–water partition coefficient (Wildman–Crippen LogP) is 4.94. The average molecular weight is 459 g/mol. The van der Waals surface area contributed by atoms with Crippen molar-refractivity contribution in [2.75, 3.05) is 6.61 Å². The first-order valence-electron chi connectivity index (χ1n) is 9.52. The summed E-state index contributed by atoms with van der Waals surface area (Å²) in [6.07, 6.45) is 1.13. The summed E-state index contributed by atoms with van der Waals surface area (Å²) >= 11 is 11.9. The van der Waals surface area contributed by atoms with E-state index < -0.39 is 18.1 Å². The second-order valence-corrected chi connectivity index (χ2v) is 7.49. The first-order valence-corrected chi connectivity index (χ1v) is 10.3. The van der Waals surface area contributed by atoms with Crippen LogP contribution in [0.5, 0.6) is 5.88 Å². The van der Waals surface area contributed by atoms with Gasteiger partial charge in [-0.05, 0) is 42.8 Å². The topological polar surface area (TPSA) is 77.5 Å². The van der Waals surface area contributed by atoms with E-state index in [-0.39, 0.29) is 16.5 Å². The van der Waals surface area contributed by atoms with Gasteiger partial charge in [-0.25, -0.2) is 9.78 Å². The molecular weight excluding hydrogens is 439 g/mol. The number of amides is 1. The minimum Gasteiger partial charge on any atom is -0.477 e. The van der Waals surface area contributed by atoms with Crippen molar-refractivity contribution in [3.05, 3.63) is 93.6 Å². The van der Waals surface area contributed by atoms with Gasteiger partial charge < -0.3 is 14.8 Å². The molecule has 0 unspecified atom stereocenters. The third kappa shape index (κ3) is 6.70. The van der Waals surface area contributed by atoms with E-state index in [1.165, 1.54) is 12.3 Å². The molecule has 1 atom stereocenters. The van der Waals surface area contributed by atoms with Crippen molar-refractivity contribution in [2.45, 2.75) is 19.6 Å². The van der Waals surface area contributed by atoms with Crippen LogP contribution in [0.2, 0.25) is 10.0 Å². The molecule has 0 fully saturated rings. The van der Waals surface area contributed by atoms with Crippen LogP contribution in [0.15, 0.2) is 66.9 Å². The summed E-state index contributed by atoms with van der Waals surface area (Å²) < 4.78 is 11.0. The zero-order chi connectivity index (χ0) is 22.2. The van der Waals surface area contributed by atoms with Gasteiger partial charge in [0.05, 0.1) is 17.2 Å². The number of pyridine rings is 1. The van der Waals surface area contributed by atoms with E-state index in [9.17, 15) is 9.59 Å². The van der Waals surface area contributed by atoms with Crippen molar-refractivity contribution in [3.63, 3.8) is 0 Å². The number of carbonyl (C=O) groups is 2. The van der Waals surface area contributed by atoms with Gasteiger partial charge in [0.15, 0.2) is 6.23 Å². The number of ether oxygens (including phenoxy) is 2. The van der Waals surface area contributed by atoms with Crippen molar-refractivity contribution in [3.8, 4) is 5.88 Å². The molecule has 1 heterocycles. The van der Waals surface area contributed by atoms with Gasteiger partial charge in [-0.15, -0.1) is 0 Å². The molecule has 0 spiro atoms. The first kappa shape index (κ1) is 22.6. The fourth-order valence-electron chi connectivity index (χ4n) is 2.72. The lowest BCUT2D eigenvalue weighted by Gasteiger charge is -2.16. The fourth-order valence-corrected chi connectivity index (χ4v) is 3.00. The quantitative estimate of drug-likeness (QED) is 0.381. The molecule has 3 rings (SSSR count). The van der Waals surface area contributed by atoms with Crippen LogP contribution in [-0.4, -0.2) is 29.7 Å². The summed E-state index contributed by atoms with van der Waals surface area (Å²) in [7, 11) is 0. The standard InChI is InChI=1S/C23H20Cl2N2O4/c1-15(31-23(29)17-5-3-2-4-6-17)27-21(28)20-13-19(25)14-26-22(20)30-12-11-16-7-9-18(24)10-8-16/h2-10,13-15H,11-12H2,1H3,(H,27,28)/t15-/m0/s1. The van der Waals surface area contributed by atoms with Crippen LogP contribution in [0.25, 0.3) is 0 Å². The molecule has 0 saturated heterocycles. The summed E-state index contributed by atoms with van der Waals surface area (Å²) in [4.78, 5) is 29.0. The zero-order valence-electron chi connectivity index (χ0n) is 16.7. The minimum absolute atomic E-state index is 0.137. The van der Waals surface area contributed by atoms with Gasteiger partial charge >= 0.3 is 5.97 Å². The van der Waals surface area contributed by atoms with E-state index in [1.54, 1.807) is 49.4 Å². The number of hydrogen-bond acceptors (Lipinski definition) is 5. The summed E-state index contributed by atoms with van der Waals surface area (Å²) in [5, 5.41) is 3.54. The highest BCUT2D eigenvalue weighted by Crippen LogP contribution is 2.20. The molecular formula is C23H20Cl2N2O4. The normalized spacial score (nSPS) is 11.5. The Hall–Kier alpha value is -3.09. The highest BCUT2D eigenvalue weighted by Gasteiger charge is 2.19. The Morgan fingerprint density at radius 1 is 1.03 bits per heavy atom. The Balaban J connectivity index is 1.61. The Morgan fingerprint density at radius 3 is 2.45 bits per heavy atom. The average Bonchev–Trinajstić information content (AvgIpc) is 2.76. The van der Waals surface area contributed by atoms with Crippen LogP contribution >= 0.6 is 23.2 Å². The van der Waals surface area contributed by atoms with Crippen LogP contribution in [0, 0.1) is 0 Å². The molecule has 0 radical (unpaired) electrons. The van der Waals surface area contributed by atoms with Crippen LogP contribution in [0.1, 0.15) is 33.2 Å². The number of hydrogen-bond donors (Lipinski definition) is 1. The monoisotopic (exact) mass is 458 g/mol. The molecule has 8 heteroatoms. The lowest BCUT2D eigenvalue weighted by atomic mass is 10.2. The molecule has 2 aromatic carbocycles. The third-order valence-corrected chi connectivity index (χ3v) is 4.69. The van der Waals surface area contributed by atoms with E-state index in [4.69, 9.17) is 32.7 Å². The maximum absolute atomic E-state index is 12.7. The molecule has 160 valence electrons. The number of aromatic nitrogens is 1. The summed E-state index contributed by atoms with van der Waals surface area (Å²) in [6, 6.07) is 17.4. The number of esters is 1. The van der Waals surface area contributed by atoms with Gasteiger partial charge in [0.2, 0.25) is 5.88 Å². The van der Waals surface area contributed by atoms with Crippen molar-refractivity contribution in [1.29, 1.82) is 0 Å². The lowest BCUT2D eigenvalue weighted by molar-refractivity contribution is 0.0264. The number of nitrogens with zero attached hydrogens (tertiary/aromatic N) is 1. The summed E-state index contributed by atoms with van der Waals surface area (Å²) in [6.45, 7) is 1.85. The Morgan fingerprint density at radius 2 is 1.74 bits per heavy atom. The predicted molar refractivity (Wildman–Crippen MR) is 119 cm³/mol. The van der Waals surface area contributed by atoms with Crippen LogP contribution < -0.4 is 10.1 Å². The van der Waals surface area contributed by atoms with Crippen LogP contribution in [0.4, 0.5) is 0 Å². The molecule has 1 aromatic heterocycles. The molecule has 0 bridgehead atoms. The Kier molecular flexibility index (Phi) is 7.87. The van der Waals surface area contributed by atoms with Gasteiger partial charge in [0.1, 0.15) is 5.56 Å². The van der Waals surface area contributed by atoms with E-state index >= 15 is 0 Å². The molecule has 3 aromatic rings. The van der Waals surface area contributed by atoms with E-state index in [1.807, 2.05) is 12.1 Å². The van der Waals surface area contributed by atoms with Crippen LogP contribution in [-0.2, 0) is 11.2 Å². The van der Waals surface area contributed by atoms with E-state index in [0.29, 0.717) is 23.6 Å². The van der Waals surface area contributed by atoms with Crippen molar-refractivity contribution in [1.82, 2.24) is 10.3 Å². The molecule has 6 nitrogen and oxygen atoms in total. The minimum atomic E-state index is -0.874. The van der Waals surface area contributed by atoms with Crippen LogP contribution in [0.3, 0.4) is 0 Å². The van der Waals surface area contributed by atoms with Gasteiger partial charge in [0, 0.05) is 17.6 Å². The van der Waals surface area contributed by atoms with Gasteiger partial charge in [-0.2, -0.15) is 0 Å². The van der Waals surface area contributed by atoms with Crippen molar-refractivity contribution in [2.24, 2.45) is 0 Å². The molecule has 0 aliphatic carbocycles. The zero-order valence-corrected chi connectivity index (χ0v) is 18.2. The van der Waals surface area contributed by atoms with E-state index in [0.717, 1.165) is 5.56 Å². The highest BCUT2D eigenvalue weighted by atomic mass is 35.5. The van der Waals surface area contributed by atoms with Crippen molar-refractivity contribution < 1.29 is 19.1 Å². The number of rotatable bonds is 8. The molecule has 31 heavy (non-hydrogen) atoms. The fraction of sp³-hybridized carbons (Fsp3) is 0.174. The number of halogens is 2. The molecule has 1 amide bonds. The number of carbonyl (C=O) groups excluding carboxylic acids is 2. The second kappa shape index (κ2) is 10.8. The third-order valence-electron chi connectivity index (χ3n) is 4.23. The van der Waals surface area contributed by atoms with Gasteiger partial charge in [-0.1, -0.05) is 53.5 Å². The SMILES string of the molecule is C[C@@H](NC(=O)c1cc(Cl)cnc1OCCc1ccc(Cl)cc1)OC(=O)c1ccccc1. The maximum Gasteiger partial charge on any atom is 0.340 e. The number of benzene rings is 2. The van der Waals surface area contributed by atoms with Crippen molar-refractivity contribution >= 4 is 35.1 Å². The summed E-state index contributed by atoms with van der Waals surface area (Å²) in [5.41, 5.74) is 1.57. The molecule has 0 aliphatic heterocycles. The molecule has 0 saturated carbocycles. The highest BCUT2D eigenvalue weighted by molar-refractivity contribution is 6.31. The Bertz CT molecular complexity index is 1040. The van der Waals surface area contributed by atoms with E-state index in [2.05, 4.69) is 10.3 Å². The smallest absolute Gasteiger partial charge is 0.340 e. The lowest BCUT2D eigenvalue weighted by Crippen LogP contribution is -2.36. The summed E-state index contributed by atoms with van der Waals surface area (Å²) in [5.74, 6) is -0.931. The second-order valence-electron chi connectivity index (χ2n) is 6.62. The van der Waals surface area contributed by atoms with Gasteiger partial charge in [0.25, 0.3) is 5.91 Å². The number of nitrogens with one attached hydrogen (secondary N) is 1. The Labute approximate surface area is 190 Å². The maximum atomic E-state index is 12.7. The first-order chi connectivity index (χ1) is 14.9.